The second-order valence-corrected chi connectivity index (χ2v) is 14.4. The standard InChI is InChI=1S/C51H34N4O/c1-4-14-33(15-5-1)35-26-28-39(29-27-35)55-43-25-11-10-22-40(43)46-44(55)30-31-45-47(46)41-23-13-24-42(48(41)56-45)51-53-49(36-18-8-3-9-19-36)52-50(54-51)38-21-12-20-37(32-38)34-16-6-2-7-17-34/h1-32,44,46H. The Morgan fingerprint density at radius 2 is 1.04 bits per heavy atom. The largest absolute Gasteiger partial charge is 0.456 e. The monoisotopic (exact) mass is 718 g/mol. The smallest absolute Gasteiger partial charge is 0.167 e. The molecule has 0 saturated heterocycles. The molecular weight excluding hydrogens is 685 g/mol. The van der Waals surface area contributed by atoms with Gasteiger partial charge in [0.25, 0.3) is 0 Å². The van der Waals surface area contributed by atoms with Gasteiger partial charge in [-0.05, 0) is 64.2 Å². The molecule has 0 spiro atoms. The van der Waals surface area contributed by atoms with Gasteiger partial charge in [-0.15, -0.1) is 0 Å². The van der Waals surface area contributed by atoms with Crippen LogP contribution in [0.5, 0.6) is 0 Å². The predicted molar refractivity (Wildman–Crippen MR) is 226 cm³/mol. The van der Waals surface area contributed by atoms with Crippen LogP contribution in [-0.4, -0.2) is 21.0 Å². The van der Waals surface area contributed by atoms with Crippen molar-refractivity contribution in [1.82, 2.24) is 15.0 Å². The molecule has 7 aromatic carbocycles. The molecule has 1 aliphatic heterocycles. The van der Waals surface area contributed by atoms with E-state index in [1.807, 2.05) is 36.4 Å². The molecule has 2 unspecified atom stereocenters. The number of fused-ring (bicyclic) bond motifs is 7. The van der Waals surface area contributed by atoms with Gasteiger partial charge >= 0.3 is 0 Å². The summed E-state index contributed by atoms with van der Waals surface area (Å²) < 4.78 is 6.87. The Labute approximate surface area is 324 Å². The molecule has 0 radical (unpaired) electrons. The maximum atomic E-state index is 6.87. The highest BCUT2D eigenvalue weighted by molar-refractivity contribution is 5.97. The predicted octanol–water partition coefficient (Wildman–Crippen LogP) is 12.6. The molecule has 0 fully saturated rings. The average molecular weight is 719 g/mol. The number of benzene rings is 7. The molecule has 1 aliphatic carbocycles. The van der Waals surface area contributed by atoms with E-state index in [-0.39, 0.29) is 12.0 Å². The van der Waals surface area contributed by atoms with Crippen LogP contribution in [-0.2, 0) is 0 Å². The Morgan fingerprint density at radius 1 is 0.464 bits per heavy atom. The Kier molecular flexibility index (Phi) is 7.56. The third-order valence-electron chi connectivity index (χ3n) is 11.1. The Balaban J connectivity index is 1.03. The minimum atomic E-state index is 0.0750. The summed E-state index contributed by atoms with van der Waals surface area (Å²) in [5.41, 5.74) is 13.0. The summed E-state index contributed by atoms with van der Waals surface area (Å²) in [5.74, 6) is 2.74. The fourth-order valence-electron chi connectivity index (χ4n) is 8.52. The van der Waals surface area contributed by atoms with Crippen LogP contribution in [0.2, 0.25) is 0 Å². The Bertz CT molecular complexity index is 2920. The summed E-state index contributed by atoms with van der Waals surface area (Å²) in [4.78, 5) is 17.8. The van der Waals surface area contributed by atoms with Gasteiger partial charge in [-0.3, -0.25) is 0 Å². The van der Waals surface area contributed by atoms with E-state index >= 15 is 0 Å². The van der Waals surface area contributed by atoms with Crippen molar-refractivity contribution < 1.29 is 4.42 Å². The lowest BCUT2D eigenvalue weighted by Crippen LogP contribution is -2.30. The summed E-state index contributed by atoms with van der Waals surface area (Å²) in [7, 11) is 0. The van der Waals surface area contributed by atoms with Gasteiger partial charge in [0.1, 0.15) is 11.3 Å². The van der Waals surface area contributed by atoms with Gasteiger partial charge in [0.2, 0.25) is 0 Å². The van der Waals surface area contributed by atoms with Crippen LogP contribution in [0.1, 0.15) is 22.8 Å². The van der Waals surface area contributed by atoms with E-state index in [0.717, 1.165) is 50.2 Å². The van der Waals surface area contributed by atoms with Crippen LogP contribution in [0, 0.1) is 0 Å². The molecule has 0 bridgehead atoms. The SMILES string of the molecule is C1=CC2C(c3ccccc3N2c2ccc(-c3ccccc3)cc2)c2c1oc1c(-c3nc(-c4ccccc4)nc(-c4cccc(-c5ccccc5)c4)n3)cccc21. The molecule has 3 heterocycles. The van der Waals surface area contributed by atoms with Crippen LogP contribution in [0.3, 0.4) is 0 Å². The third kappa shape index (κ3) is 5.36. The highest BCUT2D eigenvalue weighted by atomic mass is 16.3. The normalized spacial score (nSPS) is 15.4. The zero-order chi connectivity index (χ0) is 37.0. The zero-order valence-electron chi connectivity index (χ0n) is 30.3. The maximum absolute atomic E-state index is 6.87. The molecule has 56 heavy (non-hydrogen) atoms. The summed E-state index contributed by atoms with van der Waals surface area (Å²) in [6.07, 6.45) is 4.45. The highest BCUT2D eigenvalue weighted by Gasteiger charge is 2.43. The number of nitrogens with zero attached hydrogens (tertiary/aromatic N) is 4. The number of para-hydroxylation sites is 2. The second kappa shape index (κ2) is 13.2. The molecule has 264 valence electrons. The Morgan fingerprint density at radius 3 is 1.79 bits per heavy atom. The van der Waals surface area contributed by atoms with Gasteiger partial charge in [0.15, 0.2) is 17.5 Å². The van der Waals surface area contributed by atoms with Crippen LogP contribution >= 0.6 is 0 Å². The molecule has 0 N–H and O–H groups in total. The summed E-state index contributed by atoms with van der Waals surface area (Å²) in [6, 6.07) is 63.6. The van der Waals surface area contributed by atoms with Crippen molar-refractivity contribution in [3.05, 3.63) is 205 Å². The van der Waals surface area contributed by atoms with E-state index in [1.54, 1.807) is 0 Å². The van der Waals surface area contributed by atoms with Crippen LogP contribution in [0.4, 0.5) is 11.4 Å². The molecule has 5 nitrogen and oxygen atoms in total. The second-order valence-electron chi connectivity index (χ2n) is 14.4. The summed E-state index contributed by atoms with van der Waals surface area (Å²) in [6.45, 7) is 0. The van der Waals surface area contributed by atoms with Crippen molar-refractivity contribution in [2.75, 3.05) is 4.90 Å². The van der Waals surface area contributed by atoms with E-state index in [9.17, 15) is 0 Å². The van der Waals surface area contributed by atoms with Gasteiger partial charge in [-0.25, -0.2) is 15.0 Å². The first kappa shape index (κ1) is 32.1. The van der Waals surface area contributed by atoms with Crippen molar-refractivity contribution in [2.24, 2.45) is 0 Å². The topological polar surface area (TPSA) is 55.1 Å². The fourth-order valence-corrected chi connectivity index (χ4v) is 8.52. The van der Waals surface area contributed by atoms with Gasteiger partial charge in [-0.1, -0.05) is 158 Å². The third-order valence-corrected chi connectivity index (χ3v) is 11.1. The van der Waals surface area contributed by atoms with Gasteiger partial charge in [0.05, 0.1) is 11.6 Å². The quantitative estimate of drug-likeness (QED) is 0.171. The van der Waals surface area contributed by atoms with E-state index in [1.165, 1.54) is 27.9 Å². The first-order chi connectivity index (χ1) is 27.8. The minimum Gasteiger partial charge on any atom is -0.456 e. The lowest BCUT2D eigenvalue weighted by Gasteiger charge is -2.30. The molecule has 2 atom stereocenters. The Hall–Kier alpha value is -7.37. The lowest BCUT2D eigenvalue weighted by molar-refractivity contribution is 0.584. The maximum Gasteiger partial charge on any atom is 0.167 e. The van der Waals surface area contributed by atoms with Crippen LogP contribution in [0.15, 0.2) is 192 Å². The van der Waals surface area contributed by atoms with Crippen molar-refractivity contribution >= 4 is 28.4 Å². The van der Waals surface area contributed by atoms with Crippen LogP contribution < -0.4 is 4.90 Å². The van der Waals surface area contributed by atoms with E-state index in [0.29, 0.717) is 17.5 Å². The average Bonchev–Trinajstić information content (AvgIpc) is 3.83. The van der Waals surface area contributed by atoms with E-state index in [2.05, 4.69) is 163 Å². The molecular formula is C51H34N4O. The molecule has 0 saturated carbocycles. The molecule has 9 aromatic rings. The first-order valence-electron chi connectivity index (χ1n) is 19.0. The zero-order valence-corrected chi connectivity index (χ0v) is 30.3. The number of furan rings is 1. The van der Waals surface area contributed by atoms with E-state index < -0.39 is 0 Å². The molecule has 2 aromatic heterocycles. The minimum absolute atomic E-state index is 0.0750. The molecule has 0 amide bonds. The van der Waals surface area contributed by atoms with Crippen LogP contribution in [0.25, 0.3) is 73.5 Å². The number of hydrogen-bond donors (Lipinski definition) is 0. The van der Waals surface area contributed by atoms with Gasteiger partial charge < -0.3 is 9.32 Å². The number of anilines is 2. The van der Waals surface area contributed by atoms with Crippen molar-refractivity contribution in [3.8, 4) is 56.4 Å². The highest BCUT2D eigenvalue weighted by Crippen LogP contribution is 2.54. The van der Waals surface area contributed by atoms with Gasteiger partial charge in [-0.2, -0.15) is 0 Å². The first-order valence-corrected chi connectivity index (χ1v) is 19.0. The van der Waals surface area contributed by atoms with Gasteiger partial charge in [0, 0.05) is 39.4 Å². The summed E-state index contributed by atoms with van der Waals surface area (Å²) >= 11 is 0. The lowest BCUT2D eigenvalue weighted by atomic mass is 9.82. The van der Waals surface area contributed by atoms with Crippen molar-refractivity contribution in [3.63, 3.8) is 0 Å². The van der Waals surface area contributed by atoms with Crippen molar-refractivity contribution in [1.29, 1.82) is 0 Å². The molecule has 2 aliphatic rings. The van der Waals surface area contributed by atoms with E-state index in [4.69, 9.17) is 19.4 Å². The molecule has 11 rings (SSSR count). The number of aromatic nitrogens is 3. The van der Waals surface area contributed by atoms with Crippen molar-refractivity contribution in [2.45, 2.75) is 12.0 Å². The number of hydrogen-bond acceptors (Lipinski definition) is 5. The molecule has 5 heteroatoms. The summed E-state index contributed by atoms with van der Waals surface area (Å²) in [5, 5.41) is 1.07. The fraction of sp³-hybridized carbons (Fsp3) is 0.0392. The number of rotatable bonds is 6.